The highest BCUT2D eigenvalue weighted by atomic mass is 35.5. The number of halogens is 4. The van der Waals surface area contributed by atoms with E-state index in [2.05, 4.69) is 6.07 Å². The summed E-state index contributed by atoms with van der Waals surface area (Å²) >= 11 is 6.43. The number of carbonyl (C=O) groups excluding carboxylic acids is 1. The number of benzene rings is 3. The van der Waals surface area contributed by atoms with Crippen molar-refractivity contribution in [3.63, 3.8) is 0 Å². The third-order valence-electron chi connectivity index (χ3n) is 7.85. The minimum atomic E-state index is -4.62. The number of hydrogen-bond acceptors (Lipinski definition) is 5. The van der Waals surface area contributed by atoms with Crippen LogP contribution in [0.3, 0.4) is 0 Å². The van der Waals surface area contributed by atoms with Gasteiger partial charge in [0.2, 0.25) is 0 Å². The van der Waals surface area contributed by atoms with Crippen molar-refractivity contribution >= 4 is 23.1 Å². The standard InChI is InChI=1S/C33H29ClF3N3O2/c1-18-7-10-23(11-8-18)42-17-21-13-19(2)14-24(20(21)3)30-25(16-38)32(39)40(27-5-4-6-29(41)31(27)30)28-15-22(33(35,36)37)9-12-26(28)34/h7-15,30H,4-6,17,39H2,1-3H3. The Hall–Kier alpha value is -4.22. The van der Waals surface area contributed by atoms with E-state index in [4.69, 9.17) is 22.1 Å². The minimum Gasteiger partial charge on any atom is -0.489 e. The SMILES string of the molecule is Cc1ccc(OCc2cc(C)cc(C3C(C#N)=C(N)N(c4cc(C(F)(F)F)ccc4Cl)C4=C3C(=O)CCC4)c2C)cc1. The number of ether oxygens (including phenoxy) is 1. The van der Waals surface area contributed by atoms with Crippen LogP contribution in [0.5, 0.6) is 5.75 Å². The van der Waals surface area contributed by atoms with Crippen LogP contribution in [0.2, 0.25) is 5.02 Å². The van der Waals surface area contributed by atoms with Crippen LogP contribution < -0.4 is 15.4 Å². The number of Topliss-reactive ketones (excluding diaryl/α,β-unsaturated/α-hetero) is 1. The molecule has 2 aliphatic rings. The molecular weight excluding hydrogens is 563 g/mol. The van der Waals surface area contributed by atoms with Crippen molar-refractivity contribution in [3.05, 3.63) is 116 Å². The van der Waals surface area contributed by atoms with E-state index < -0.39 is 17.7 Å². The molecule has 1 aliphatic carbocycles. The van der Waals surface area contributed by atoms with Gasteiger partial charge in [-0.25, -0.2) is 0 Å². The average molecular weight is 592 g/mol. The summed E-state index contributed by atoms with van der Waals surface area (Å²) in [5.41, 5.74) is 11.1. The minimum absolute atomic E-state index is 0.0221. The van der Waals surface area contributed by atoms with Crippen molar-refractivity contribution in [3.8, 4) is 11.8 Å². The van der Waals surface area contributed by atoms with E-state index in [-0.39, 0.29) is 40.9 Å². The lowest BCUT2D eigenvalue weighted by Gasteiger charge is -2.40. The van der Waals surface area contributed by atoms with Gasteiger partial charge >= 0.3 is 6.18 Å². The van der Waals surface area contributed by atoms with Crippen molar-refractivity contribution in [1.82, 2.24) is 0 Å². The summed E-state index contributed by atoms with van der Waals surface area (Å²) in [6, 6.07) is 16.8. The molecule has 0 bridgehead atoms. The van der Waals surface area contributed by atoms with Gasteiger partial charge in [0.25, 0.3) is 0 Å². The molecule has 1 heterocycles. The van der Waals surface area contributed by atoms with Gasteiger partial charge in [-0.3, -0.25) is 9.69 Å². The van der Waals surface area contributed by atoms with Gasteiger partial charge in [-0.05, 0) is 80.6 Å². The van der Waals surface area contributed by atoms with E-state index >= 15 is 0 Å². The average Bonchev–Trinajstić information content (AvgIpc) is 2.94. The van der Waals surface area contributed by atoms with Crippen LogP contribution in [-0.4, -0.2) is 5.78 Å². The molecule has 9 heteroatoms. The lowest BCUT2D eigenvalue weighted by atomic mass is 9.73. The quantitative estimate of drug-likeness (QED) is 0.324. The number of nitriles is 1. The third kappa shape index (κ3) is 5.37. The summed E-state index contributed by atoms with van der Waals surface area (Å²) < 4.78 is 47.0. The fraction of sp³-hybridized carbons (Fsp3) is 0.273. The van der Waals surface area contributed by atoms with Gasteiger partial charge in [0.15, 0.2) is 5.78 Å². The van der Waals surface area contributed by atoms with Crippen molar-refractivity contribution in [2.75, 3.05) is 4.90 Å². The van der Waals surface area contributed by atoms with Gasteiger partial charge < -0.3 is 10.5 Å². The number of nitrogens with zero attached hydrogens (tertiary/aromatic N) is 2. The molecule has 1 aliphatic heterocycles. The second kappa shape index (κ2) is 11.2. The van der Waals surface area contributed by atoms with Crippen LogP contribution in [0.1, 0.15) is 58.6 Å². The van der Waals surface area contributed by atoms with Crippen LogP contribution in [0.15, 0.2) is 77.3 Å². The Kier molecular flexibility index (Phi) is 7.82. The molecular formula is C33H29ClF3N3O2. The Bertz CT molecular complexity index is 1680. The highest BCUT2D eigenvalue weighted by molar-refractivity contribution is 6.33. The maximum Gasteiger partial charge on any atom is 0.416 e. The van der Waals surface area contributed by atoms with E-state index in [9.17, 15) is 23.2 Å². The Morgan fingerprint density at radius 1 is 1.05 bits per heavy atom. The van der Waals surface area contributed by atoms with E-state index in [0.29, 0.717) is 29.9 Å². The fourth-order valence-corrected chi connectivity index (χ4v) is 5.94. The first kappa shape index (κ1) is 29.3. The van der Waals surface area contributed by atoms with Crippen LogP contribution in [0.25, 0.3) is 0 Å². The van der Waals surface area contributed by atoms with Crippen molar-refractivity contribution < 1.29 is 22.7 Å². The highest BCUT2D eigenvalue weighted by Gasteiger charge is 2.42. The first-order valence-electron chi connectivity index (χ1n) is 13.5. The molecule has 1 unspecified atom stereocenters. The van der Waals surface area contributed by atoms with Crippen molar-refractivity contribution in [2.45, 2.75) is 58.7 Å². The normalized spacial score (nSPS) is 17.3. The molecule has 216 valence electrons. The number of aryl methyl sites for hydroxylation is 2. The van der Waals surface area contributed by atoms with Gasteiger partial charge in [0, 0.05) is 17.7 Å². The molecule has 3 aromatic carbocycles. The summed E-state index contributed by atoms with van der Waals surface area (Å²) in [5, 5.41) is 10.4. The van der Waals surface area contributed by atoms with Crippen molar-refractivity contribution in [2.24, 2.45) is 5.73 Å². The molecule has 2 N–H and O–H groups in total. The molecule has 0 spiro atoms. The lowest BCUT2D eigenvalue weighted by molar-refractivity contribution is -0.137. The van der Waals surface area contributed by atoms with Crippen LogP contribution in [-0.2, 0) is 17.6 Å². The number of anilines is 1. The largest absolute Gasteiger partial charge is 0.489 e. The third-order valence-corrected chi connectivity index (χ3v) is 8.17. The fourth-order valence-electron chi connectivity index (χ4n) is 5.74. The molecule has 3 aromatic rings. The molecule has 42 heavy (non-hydrogen) atoms. The topological polar surface area (TPSA) is 79.3 Å². The van der Waals surface area contributed by atoms with Gasteiger partial charge in [0.05, 0.1) is 33.8 Å². The van der Waals surface area contributed by atoms with Gasteiger partial charge in [-0.2, -0.15) is 18.4 Å². The molecule has 0 saturated carbocycles. The van der Waals surface area contributed by atoms with Crippen LogP contribution in [0.4, 0.5) is 18.9 Å². The van der Waals surface area contributed by atoms with Gasteiger partial charge in [-0.1, -0.05) is 47.0 Å². The lowest BCUT2D eigenvalue weighted by Crippen LogP contribution is -2.39. The second-order valence-electron chi connectivity index (χ2n) is 10.7. The van der Waals surface area contributed by atoms with E-state index in [0.717, 1.165) is 46.0 Å². The Morgan fingerprint density at radius 2 is 1.76 bits per heavy atom. The van der Waals surface area contributed by atoms with Crippen molar-refractivity contribution in [1.29, 1.82) is 5.26 Å². The predicted molar refractivity (Wildman–Crippen MR) is 156 cm³/mol. The number of nitrogens with two attached hydrogens (primary N) is 1. The molecule has 0 saturated heterocycles. The monoisotopic (exact) mass is 591 g/mol. The molecule has 5 nitrogen and oxygen atoms in total. The summed E-state index contributed by atoms with van der Waals surface area (Å²) in [7, 11) is 0. The Morgan fingerprint density at radius 3 is 2.43 bits per heavy atom. The van der Waals surface area contributed by atoms with E-state index in [1.54, 1.807) is 0 Å². The van der Waals surface area contributed by atoms with E-state index in [1.165, 1.54) is 4.90 Å². The smallest absolute Gasteiger partial charge is 0.416 e. The summed E-state index contributed by atoms with van der Waals surface area (Å²) in [6.45, 7) is 6.10. The zero-order valence-electron chi connectivity index (χ0n) is 23.4. The molecule has 5 rings (SSSR count). The number of allylic oxidation sites excluding steroid dienone is 3. The molecule has 0 aromatic heterocycles. The summed E-state index contributed by atoms with van der Waals surface area (Å²) in [5.74, 6) is -0.288. The zero-order valence-corrected chi connectivity index (χ0v) is 24.2. The number of ketones is 1. The number of hydrogen-bond donors (Lipinski definition) is 1. The van der Waals surface area contributed by atoms with Gasteiger partial charge in [0.1, 0.15) is 18.2 Å². The van der Waals surface area contributed by atoms with Crippen LogP contribution >= 0.6 is 11.6 Å². The summed E-state index contributed by atoms with van der Waals surface area (Å²) in [4.78, 5) is 15.0. The summed E-state index contributed by atoms with van der Waals surface area (Å²) in [6.07, 6.45) is -3.48. The molecule has 1 atom stereocenters. The first-order valence-corrected chi connectivity index (χ1v) is 13.9. The maximum absolute atomic E-state index is 13.7. The molecule has 0 amide bonds. The highest BCUT2D eigenvalue weighted by Crippen LogP contribution is 2.49. The second-order valence-corrected chi connectivity index (χ2v) is 11.1. The number of carbonyl (C=O) groups is 1. The number of rotatable bonds is 5. The molecule has 0 radical (unpaired) electrons. The molecule has 0 fully saturated rings. The Balaban J connectivity index is 1.66. The number of alkyl halides is 3. The predicted octanol–water partition coefficient (Wildman–Crippen LogP) is 8.17. The zero-order chi connectivity index (χ0) is 30.3. The maximum atomic E-state index is 13.7. The Labute approximate surface area is 247 Å². The van der Waals surface area contributed by atoms with Crippen LogP contribution in [0, 0.1) is 32.1 Å². The van der Waals surface area contributed by atoms with E-state index in [1.807, 2.05) is 57.2 Å². The van der Waals surface area contributed by atoms with Gasteiger partial charge in [-0.15, -0.1) is 0 Å². The first-order chi connectivity index (χ1) is 19.9.